The van der Waals surface area contributed by atoms with E-state index in [9.17, 15) is 4.79 Å². The van der Waals surface area contributed by atoms with Crippen molar-refractivity contribution >= 4 is 27.5 Å². The number of halogens is 2. The van der Waals surface area contributed by atoms with E-state index in [0.29, 0.717) is 5.88 Å². The highest BCUT2D eigenvalue weighted by Crippen LogP contribution is 2.36. The molecule has 98 valence electrons. The number of fused-ring (bicyclic) bond motifs is 1. The first kappa shape index (κ1) is 12.5. The Morgan fingerprint density at radius 3 is 2.72 bits per heavy atom. The number of nitrogens with one attached hydrogen (secondary N) is 1. The van der Waals surface area contributed by atoms with Gasteiger partial charge in [0, 0.05) is 17.5 Å². The Morgan fingerprint density at radius 2 is 2.06 bits per heavy atom. The van der Waals surface area contributed by atoms with E-state index in [2.05, 4.69) is 26.1 Å². The van der Waals surface area contributed by atoms with Gasteiger partial charge in [-0.15, -0.1) is 16.7 Å². The van der Waals surface area contributed by atoms with Crippen molar-refractivity contribution in [3.63, 3.8) is 0 Å². The smallest absolute Gasteiger partial charge is 0.267 e. The van der Waals surface area contributed by atoms with E-state index >= 15 is 0 Å². The highest BCUT2D eigenvalue weighted by atomic mass is 79.9. The second-order valence-corrected chi connectivity index (χ2v) is 6.49. The Hall–Kier alpha value is -0.550. The van der Waals surface area contributed by atoms with E-state index in [1.165, 1.54) is 0 Å². The van der Waals surface area contributed by atoms with E-state index in [4.69, 9.17) is 16.3 Å². The summed E-state index contributed by atoms with van der Waals surface area (Å²) in [7, 11) is 0. The van der Waals surface area contributed by atoms with Crippen molar-refractivity contribution in [3.8, 4) is 5.88 Å². The van der Waals surface area contributed by atoms with Crippen molar-refractivity contribution < 1.29 is 4.74 Å². The van der Waals surface area contributed by atoms with Gasteiger partial charge in [-0.1, -0.05) is 15.9 Å². The second-order valence-electron chi connectivity index (χ2n) is 4.87. The first-order valence-electron chi connectivity index (χ1n) is 6.22. The van der Waals surface area contributed by atoms with Crippen LogP contribution in [0.2, 0.25) is 0 Å². The average Bonchev–Trinajstić information content (AvgIpc) is 2.41. The standard InChI is InChI=1S/C12H14BrClN2O2/c13-10-8(14)5-9(10)18-12-7-4-2-1-3-6(7)11(17)15-16-12/h8-10H,1-5H2,(H,15,17)/t8?,9?,10-/m1/s1. The van der Waals surface area contributed by atoms with Crippen LogP contribution in [0.25, 0.3) is 0 Å². The molecule has 1 N–H and O–H groups in total. The van der Waals surface area contributed by atoms with E-state index in [1.54, 1.807) is 0 Å². The molecule has 1 saturated carbocycles. The molecule has 18 heavy (non-hydrogen) atoms. The molecule has 1 fully saturated rings. The molecule has 0 saturated heterocycles. The van der Waals surface area contributed by atoms with E-state index < -0.39 is 0 Å². The van der Waals surface area contributed by atoms with Crippen LogP contribution in [0.15, 0.2) is 4.79 Å². The molecule has 1 heterocycles. The van der Waals surface area contributed by atoms with Crippen molar-refractivity contribution in [2.45, 2.75) is 48.4 Å². The van der Waals surface area contributed by atoms with Crippen molar-refractivity contribution in [1.82, 2.24) is 10.2 Å². The minimum absolute atomic E-state index is 0.0527. The van der Waals surface area contributed by atoms with E-state index in [0.717, 1.165) is 43.2 Å². The lowest BCUT2D eigenvalue weighted by Gasteiger charge is -2.37. The van der Waals surface area contributed by atoms with Gasteiger partial charge in [-0.25, -0.2) is 5.10 Å². The van der Waals surface area contributed by atoms with Crippen LogP contribution in [0.5, 0.6) is 5.88 Å². The molecular formula is C12H14BrClN2O2. The van der Waals surface area contributed by atoms with Gasteiger partial charge in [0.05, 0.1) is 10.2 Å². The molecule has 0 bridgehead atoms. The number of nitrogens with zero attached hydrogens (tertiary/aromatic N) is 1. The first-order valence-corrected chi connectivity index (χ1v) is 7.57. The van der Waals surface area contributed by atoms with Crippen molar-refractivity contribution in [3.05, 3.63) is 21.5 Å². The van der Waals surface area contributed by atoms with Crippen LogP contribution in [-0.2, 0) is 12.8 Å². The summed E-state index contributed by atoms with van der Waals surface area (Å²) in [4.78, 5) is 11.9. The number of H-pyrrole nitrogens is 1. The third kappa shape index (κ3) is 2.07. The fourth-order valence-electron chi connectivity index (χ4n) is 2.50. The number of aromatic amines is 1. The molecule has 6 heteroatoms. The summed E-state index contributed by atoms with van der Waals surface area (Å²) in [6.45, 7) is 0. The summed E-state index contributed by atoms with van der Waals surface area (Å²) in [5.74, 6) is 0.585. The monoisotopic (exact) mass is 332 g/mol. The lowest BCUT2D eigenvalue weighted by atomic mass is 9.93. The topological polar surface area (TPSA) is 55.0 Å². The van der Waals surface area contributed by atoms with E-state index in [-0.39, 0.29) is 21.9 Å². The molecule has 0 radical (unpaired) electrons. The Balaban J connectivity index is 1.86. The average molecular weight is 334 g/mol. The van der Waals surface area contributed by atoms with Crippen molar-refractivity contribution in [2.24, 2.45) is 0 Å². The van der Waals surface area contributed by atoms with Gasteiger partial charge in [0.1, 0.15) is 6.10 Å². The molecule has 2 aliphatic rings. The van der Waals surface area contributed by atoms with Gasteiger partial charge in [-0.3, -0.25) is 4.79 Å². The van der Waals surface area contributed by atoms with Gasteiger partial charge < -0.3 is 4.74 Å². The van der Waals surface area contributed by atoms with Gasteiger partial charge in [0.2, 0.25) is 5.88 Å². The van der Waals surface area contributed by atoms with Crippen molar-refractivity contribution in [2.75, 3.05) is 0 Å². The maximum absolute atomic E-state index is 11.7. The van der Waals surface area contributed by atoms with Gasteiger partial charge in [-0.2, -0.15) is 0 Å². The maximum Gasteiger partial charge on any atom is 0.267 e. The summed E-state index contributed by atoms with van der Waals surface area (Å²) < 4.78 is 5.87. The fraction of sp³-hybridized carbons (Fsp3) is 0.667. The Morgan fingerprint density at radius 1 is 1.33 bits per heavy atom. The zero-order chi connectivity index (χ0) is 12.7. The minimum Gasteiger partial charge on any atom is -0.472 e. The van der Waals surface area contributed by atoms with Crippen LogP contribution in [0.4, 0.5) is 0 Å². The summed E-state index contributed by atoms with van der Waals surface area (Å²) in [5.41, 5.74) is 1.76. The van der Waals surface area contributed by atoms with Crippen molar-refractivity contribution in [1.29, 1.82) is 0 Å². The van der Waals surface area contributed by atoms with Crippen LogP contribution in [0.1, 0.15) is 30.4 Å². The Labute approximate surface area is 118 Å². The summed E-state index contributed by atoms with van der Waals surface area (Å²) in [6, 6.07) is 0. The van der Waals surface area contributed by atoms with Gasteiger partial charge in [-0.05, 0) is 25.7 Å². The van der Waals surface area contributed by atoms with Crippen LogP contribution >= 0.6 is 27.5 Å². The fourth-order valence-corrected chi connectivity index (χ4v) is 3.38. The summed E-state index contributed by atoms with van der Waals surface area (Å²) >= 11 is 9.53. The van der Waals surface area contributed by atoms with Crippen LogP contribution in [-0.4, -0.2) is 26.5 Å². The second kappa shape index (κ2) is 4.85. The molecule has 3 rings (SSSR count). The summed E-state index contributed by atoms with van der Waals surface area (Å²) in [5, 5.41) is 6.70. The third-order valence-corrected chi connectivity index (χ3v) is 5.66. The first-order chi connectivity index (χ1) is 8.66. The normalized spacial score (nSPS) is 30.4. The molecule has 1 aromatic heterocycles. The molecule has 0 aromatic carbocycles. The number of alkyl halides is 2. The largest absolute Gasteiger partial charge is 0.472 e. The molecule has 0 amide bonds. The van der Waals surface area contributed by atoms with Crippen LogP contribution < -0.4 is 10.3 Å². The number of hydrogen-bond donors (Lipinski definition) is 1. The molecule has 2 aliphatic carbocycles. The lowest BCUT2D eigenvalue weighted by Crippen LogP contribution is -2.47. The van der Waals surface area contributed by atoms with Crippen LogP contribution in [0, 0.1) is 0 Å². The zero-order valence-electron chi connectivity index (χ0n) is 9.79. The SMILES string of the molecule is O=c1[nH]nc(OC2CC(Cl)[C@H]2Br)c2c1CCCC2. The minimum atomic E-state index is -0.0729. The number of aromatic nitrogens is 2. The lowest BCUT2D eigenvalue weighted by molar-refractivity contribution is 0.125. The molecular weight excluding hydrogens is 320 g/mol. The predicted molar refractivity (Wildman–Crippen MR) is 72.9 cm³/mol. The molecule has 0 spiro atoms. The number of hydrogen-bond acceptors (Lipinski definition) is 3. The molecule has 1 aromatic rings. The van der Waals surface area contributed by atoms with Gasteiger partial charge in [0.25, 0.3) is 5.56 Å². The zero-order valence-corrected chi connectivity index (χ0v) is 12.1. The summed E-state index contributed by atoms with van der Waals surface area (Å²) in [6.07, 6.45) is 4.72. The quantitative estimate of drug-likeness (QED) is 0.844. The predicted octanol–water partition coefficient (Wildman–Crippen LogP) is 2.17. The van der Waals surface area contributed by atoms with Gasteiger partial charge in [0.15, 0.2) is 0 Å². The number of ether oxygens (including phenoxy) is 1. The molecule has 3 atom stereocenters. The van der Waals surface area contributed by atoms with Crippen LogP contribution in [0.3, 0.4) is 0 Å². The third-order valence-electron chi connectivity index (χ3n) is 3.68. The van der Waals surface area contributed by atoms with E-state index in [1.807, 2.05) is 0 Å². The maximum atomic E-state index is 11.7. The molecule has 2 unspecified atom stereocenters. The Bertz CT molecular complexity index is 519. The molecule has 0 aliphatic heterocycles. The molecule has 4 nitrogen and oxygen atoms in total. The number of rotatable bonds is 2. The van der Waals surface area contributed by atoms with Gasteiger partial charge >= 0.3 is 0 Å². The Kier molecular flexibility index (Phi) is 3.36. The highest BCUT2D eigenvalue weighted by Gasteiger charge is 2.40. The highest BCUT2D eigenvalue weighted by molar-refractivity contribution is 9.09.